The maximum absolute atomic E-state index is 13.7. The predicted octanol–water partition coefficient (Wildman–Crippen LogP) is 4.30. The van der Waals surface area contributed by atoms with E-state index in [0.717, 1.165) is 22.3 Å². The lowest BCUT2D eigenvalue weighted by Gasteiger charge is -2.24. The van der Waals surface area contributed by atoms with Gasteiger partial charge >= 0.3 is 0 Å². The summed E-state index contributed by atoms with van der Waals surface area (Å²) < 4.78 is 28.6. The standard InChI is InChI=1S/C27H31N3O3S/c1-20-9-8-12-25(17-20)18-28-29-26(31)19-30(14-13-24-10-6-5-7-11-24)34(32,33)27-22(3)15-21(2)16-23(27)4/h5-12,15-18H,13-14,19H2,1-4H3,(H,29,31)/b28-18+. The Morgan fingerprint density at radius 3 is 2.24 bits per heavy atom. The Balaban J connectivity index is 1.82. The van der Waals surface area contributed by atoms with Crippen LogP contribution in [0.15, 0.2) is 76.7 Å². The zero-order valence-electron chi connectivity index (χ0n) is 20.1. The number of hydrogen-bond acceptors (Lipinski definition) is 4. The summed E-state index contributed by atoms with van der Waals surface area (Å²) in [6, 6.07) is 21.0. The number of sulfonamides is 1. The minimum atomic E-state index is -3.91. The lowest BCUT2D eigenvalue weighted by atomic mass is 10.1. The first kappa shape index (κ1) is 25.3. The molecule has 0 radical (unpaired) electrons. The smallest absolute Gasteiger partial charge is 0.255 e. The quantitative estimate of drug-likeness (QED) is 0.369. The maximum atomic E-state index is 13.7. The first-order valence-electron chi connectivity index (χ1n) is 11.2. The van der Waals surface area contributed by atoms with Gasteiger partial charge in [-0.05, 0) is 56.4 Å². The van der Waals surface area contributed by atoms with Gasteiger partial charge in [0.05, 0.1) is 17.7 Å². The second kappa shape index (κ2) is 11.2. The number of carbonyl (C=O) groups is 1. The Labute approximate surface area is 202 Å². The normalized spacial score (nSPS) is 11.8. The molecule has 0 aliphatic heterocycles. The molecule has 3 aromatic rings. The molecule has 7 heteroatoms. The number of amides is 1. The highest BCUT2D eigenvalue weighted by atomic mass is 32.2. The van der Waals surface area contributed by atoms with E-state index in [1.807, 2.05) is 80.6 Å². The van der Waals surface area contributed by atoms with E-state index in [1.165, 1.54) is 4.31 Å². The monoisotopic (exact) mass is 477 g/mol. The molecular weight excluding hydrogens is 446 g/mol. The first-order valence-corrected chi connectivity index (χ1v) is 12.6. The van der Waals surface area contributed by atoms with Crippen molar-refractivity contribution < 1.29 is 13.2 Å². The molecule has 0 aliphatic rings. The third-order valence-corrected chi connectivity index (χ3v) is 7.61. The summed E-state index contributed by atoms with van der Waals surface area (Å²) in [5.41, 5.74) is 7.72. The Morgan fingerprint density at radius 2 is 1.59 bits per heavy atom. The molecule has 178 valence electrons. The van der Waals surface area contributed by atoms with Crippen molar-refractivity contribution in [2.24, 2.45) is 5.10 Å². The van der Waals surface area contributed by atoms with E-state index < -0.39 is 15.9 Å². The molecule has 0 aromatic heterocycles. The number of aryl methyl sites for hydroxylation is 4. The lowest BCUT2D eigenvalue weighted by Crippen LogP contribution is -2.41. The van der Waals surface area contributed by atoms with Gasteiger partial charge in [0, 0.05) is 6.54 Å². The van der Waals surface area contributed by atoms with Gasteiger partial charge in [0.25, 0.3) is 5.91 Å². The summed E-state index contributed by atoms with van der Waals surface area (Å²) in [5.74, 6) is -0.497. The van der Waals surface area contributed by atoms with Crippen LogP contribution in [0.2, 0.25) is 0 Å². The third kappa shape index (κ3) is 6.62. The zero-order chi connectivity index (χ0) is 24.7. The van der Waals surface area contributed by atoms with Crippen LogP contribution < -0.4 is 5.43 Å². The van der Waals surface area contributed by atoms with Gasteiger partial charge in [-0.3, -0.25) is 4.79 Å². The van der Waals surface area contributed by atoms with Crippen molar-refractivity contribution in [3.63, 3.8) is 0 Å². The van der Waals surface area contributed by atoms with E-state index in [0.29, 0.717) is 17.5 Å². The number of rotatable bonds is 9. The summed E-state index contributed by atoms with van der Waals surface area (Å²) in [6.45, 7) is 7.33. The highest BCUT2D eigenvalue weighted by Crippen LogP contribution is 2.25. The average molecular weight is 478 g/mol. The van der Waals surface area contributed by atoms with E-state index in [2.05, 4.69) is 10.5 Å². The number of benzene rings is 3. The van der Waals surface area contributed by atoms with Crippen molar-refractivity contribution >= 4 is 22.1 Å². The van der Waals surface area contributed by atoms with Crippen LogP contribution in [-0.4, -0.2) is 37.9 Å². The van der Waals surface area contributed by atoms with Crippen LogP contribution in [0.25, 0.3) is 0 Å². The van der Waals surface area contributed by atoms with Gasteiger partial charge in [0.15, 0.2) is 0 Å². The molecule has 0 saturated carbocycles. The number of hydrazone groups is 1. The van der Waals surface area contributed by atoms with Crippen molar-refractivity contribution in [1.82, 2.24) is 9.73 Å². The summed E-state index contributed by atoms with van der Waals surface area (Å²) in [7, 11) is -3.91. The summed E-state index contributed by atoms with van der Waals surface area (Å²) in [6.07, 6.45) is 2.03. The van der Waals surface area contributed by atoms with Crippen molar-refractivity contribution in [1.29, 1.82) is 0 Å². The van der Waals surface area contributed by atoms with Crippen LogP contribution in [0.4, 0.5) is 0 Å². The van der Waals surface area contributed by atoms with Crippen molar-refractivity contribution in [3.05, 3.63) is 100 Å². The van der Waals surface area contributed by atoms with Crippen LogP contribution in [0.1, 0.15) is 33.4 Å². The molecule has 1 N–H and O–H groups in total. The van der Waals surface area contributed by atoms with Gasteiger partial charge in [-0.15, -0.1) is 0 Å². The van der Waals surface area contributed by atoms with E-state index in [1.54, 1.807) is 20.1 Å². The molecule has 1 amide bonds. The van der Waals surface area contributed by atoms with Crippen LogP contribution in [0.5, 0.6) is 0 Å². The Hall–Kier alpha value is -3.29. The fraction of sp³-hybridized carbons (Fsp3) is 0.259. The average Bonchev–Trinajstić information content (AvgIpc) is 2.76. The van der Waals surface area contributed by atoms with Gasteiger partial charge in [-0.2, -0.15) is 9.41 Å². The first-order chi connectivity index (χ1) is 16.2. The molecule has 0 spiro atoms. The summed E-state index contributed by atoms with van der Waals surface area (Å²) in [4.78, 5) is 12.9. The zero-order valence-corrected chi connectivity index (χ0v) is 20.9. The molecule has 34 heavy (non-hydrogen) atoms. The molecule has 6 nitrogen and oxygen atoms in total. The van der Waals surface area contributed by atoms with Gasteiger partial charge in [0.2, 0.25) is 10.0 Å². The third-order valence-electron chi connectivity index (χ3n) is 5.46. The second-order valence-electron chi connectivity index (χ2n) is 8.51. The van der Waals surface area contributed by atoms with Crippen LogP contribution in [0, 0.1) is 27.7 Å². The molecule has 0 saturated heterocycles. The highest BCUT2D eigenvalue weighted by Gasteiger charge is 2.29. The number of hydrogen-bond donors (Lipinski definition) is 1. The van der Waals surface area contributed by atoms with E-state index in [-0.39, 0.29) is 18.0 Å². The molecule has 3 rings (SSSR count). The fourth-order valence-corrected chi connectivity index (χ4v) is 5.82. The Kier molecular flexibility index (Phi) is 8.36. The van der Waals surface area contributed by atoms with E-state index >= 15 is 0 Å². The summed E-state index contributed by atoms with van der Waals surface area (Å²) >= 11 is 0. The largest absolute Gasteiger partial charge is 0.272 e. The molecule has 0 atom stereocenters. The van der Waals surface area contributed by atoms with Crippen LogP contribution in [-0.2, 0) is 21.2 Å². The minimum absolute atomic E-state index is 0.175. The molecule has 0 aliphatic carbocycles. The number of carbonyl (C=O) groups excluding carboxylic acids is 1. The second-order valence-corrected chi connectivity index (χ2v) is 10.4. The lowest BCUT2D eigenvalue weighted by molar-refractivity contribution is -0.121. The molecule has 0 unspecified atom stereocenters. The molecule has 0 fully saturated rings. The molecular formula is C27H31N3O3S. The van der Waals surface area contributed by atoms with Gasteiger partial charge in [0.1, 0.15) is 0 Å². The van der Waals surface area contributed by atoms with E-state index in [9.17, 15) is 13.2 Å². The summed E-state index contributed by atoms with van der Waals surface area (Å²) in [5, 5.41) is 4.01. The van der Waals surface area contributed by atoms with Gasteiger partial charge in [-0.25, -0.2) is 13.8 Å². The van der Waals surface area contributed by atoms with Crippen LogP contribution >= 0.6 is 0 Å². The van der Waals surface area contributed by atoms with Crippen molar-refractivity contribution in [2.75, 3.05) is 13.1 Å². The SMILES string of the molecule is Cc1cccc(/C=N/NC(=O)CN(CCc2ccccc2)S(=O)(=O)c2c(C)cc(C)cc2C)c1. The number of nitrogens with one attached hydrogen (secondary N) is 1. The van der Waals surface area contributed by atoms with Crippen molar-refractivity contribution in [3.8, 4) is 0 Å². The Bertz CT molecular complexity index is 1260. The Morgan fingerprint density at radius 1 is 0.912 bits per heavy atom. The minimum Gasteiger partial charge on any atom is -0.272 e. The topological polar surface area (TPSA) is 78.8 Å². The molecule has 0 bridgehead atoms. The number of nitrogens with zero attached hydrogens (tertiary/aromatic N) is 2. The molecule has 0 heterocycles. The van der Waals surface area contributed by atoms with Gasteiger partial charge in [-0.1, -0.05) is 77.9 Å². The highest BCUT2D eigenvalue weighted by molar-refractivity contribution is 7.89. The van der Waals surface area contributed by atoms with Gasteiger partial charge < -0.3 is 0 Å². The molecule has 3 aromatic carbocycles. The van der Waals surface area contributed by atoms with Crippen molar-refractivity contribution in [2.45, 2.75) is 39.0 Å². The maximum Gasteiger partial charge on any atom is 0.255 e. The predicted molar refractivity (Wildman–Crippen MR) is 136 cm³/mol. The fourth-order valence-electron chi connectivity index (χ4n) is 4.01. The van der Waals surface area contributed by atoms with Crippen LogP contribution in [0.3, 0.4) is 0 Å². The van der Waals surface area contributed by atoms with E-state index in [4.69, 9.17) is 0 Å².